The maximum absolute atomic E-state index is 11.1. The normalized spacial score (nSPS) is 18.6. The molecule has 0 aliphatic heterocycles. The molecule has 2 fully saturated rings. The smallest absolute Gasteiger partial charge is 0.345 e. The van der Waals surface area contributed by atoms with Gasteiger partial charge < -0.3 is 4.74 Å². The largest absolute Gasteiger partial charge is 0.389 e. The Morgan fingerprint density at radius 3 is 1.50 bits per heavy atom. The van der Waals surface area contributed by atoms with E-state index in [0.29, 0.717) is 12.1 Å². The summed E-state index contributed by atoms with van der Waals surface area (Å²) in [6.45, 7) is -2.82. The van der Waals surface area contributed by atoms with Crippen molar-refractivity contribution < 1.29 is 23.1 Å². The van der Waals surface area contributed by atoms with Crippen LogP contribution in [0.3, 0.4) is 0 Å². The molecule has 0 atom stereocenters. The van der Waals surface area contributed by atoms with Crippen LogP contribution in [0.2, 0.25) is 0 Å². The standard InChI is InChI=1S/C13H22N2.C4H4F2O3/c1-3-7-12(8-4-1)14-11-15-13-9-5-2-6-10-13;5-1-3(7)9-4(8)2-6/h12-13H,1-10H2;1-2H2. The highest BCUT2D eigenvalue weighted by Crippen LogP contribution is 2.21. The Hall–Kier alpha value is -1.62. The summed E-state index contributed by atoms with van der Waals surface area (Å²) in [7, 11) is 0. The molecule has 0 unspecified atom stereocenters. The fourth-order valence-electron chi connectivity index (χ4n) is 2.80. The zero-order valence-electron chi connectivity index (χ0n) is 14.0. The first kappa shape index (κ1) is 20.4. The van der Waals surface area contributed by atoms with Gasteiger partial charge in [0.2, 0.25) is 0 Å². The van der Waals surface area contributed by atoms with E-state index in [-0.39, 0.29) is 0 Å². The van der Waals surface area contributed by atoms with E-state index in [9.17, 15) is 18.4 Å². The molecule has 2 aliphatic rings. The maximum Gasteiger partial charge on any atom is 0.345 e. The number of esters is 2. The minimum atomic E-state index is -1.41. The highest BCUT2D eigenvalue weighted by atomic mass is 19.1. The lowest BCUT2D eigenvalue weighted by Gasteiger charge is -2.17. The van der Waals surface area contributed by atoms with E-state index in [2.05, 4.69) is 20.7 Å². The van der Waals surface area contributed by atoms with E-state index in [1.165, 1.54) is 64.2 Å². The molecule has 5 nitrogen and oxygen atoms in total. The van der Waals surface area contributed by atoms with Gasteiger partial charge in [-0.2, -0.15) is 0 Å². The van der Waals surface area contributed by atoms with Crippen molar-refractivity contribution in [2.24, 2.45) is 9.98 Å². The highest BCUT2D eigenvalue weighted by molar-refractivity contribution is 5.86. The fraction of sp³-hybridized carbons (Fsp3) is 0.824. The van der Waals surface area contributed by atoms with Gasteiger partial charge in [0.25, 0.3) is 0 Å². The quantitative estimate of drug-likeness (QED) is 0.442. The third kappa shape index (κ3) is 9.50. The fourth-order valence-corrected chi connectivity index (χ4v) is 2.80. The Morgan fingerprint density at radius 1 is 0.792 bits per heavy atom. The Morgan fingerprint density at radius 2 is 1.17 bits per heavy atom. The molecular formula is C17H26F2N2O3. The maximum atomic E-state index is 11.1. The van der Waals surface area contributed by atoms with Crippen LogP contribution < -0.4 is 0 Å². The van der Waals surface area contributed by atoms with Gasteiger partial charge in [0.15, 0.2) is 13.3 Å². The van der Waals surface area contributed by atoms with Crippen LogP contribution in [0.25, 0.3) is 0 Å². The average Bonchev–Trinajstić information content (AvgIpc) is 2.64. The van der Waals surface area contributed by atoms with Crippen molar-refractivity contribution in [3.63, 3.8) is 0 Å². The van der Waals surface area contributed by atoms with E-state index in [4.69, 9.17) is 0 Å². The highest BCUT2D eigenvalue weighted by Gasteiger charge is 2.12. The molecule has 0 bridgehead atoms. The van der Waals surface area contributed by atoms with Crippen molar-refractivity contribution in [3.05, 3.63) is 0 Å². The lowest BCUT2D eigenvalue weighted by molar-refractivity contribution is -0.160. The second-order valence-electron chi connectivity index (χ2n) is 6.06. The molecule has 2 aliphatic carbocycles. The third-order valence-electron chi connectivity index (χ3n) is 4.08. The van der Waals surface area contributed by atoms with E-state index < -0.39 is 25.3 Å². The minimum absolute atomic E-state index is 0.533. The summed E-state index contributed by atoms with van der Waals surface area (Å²) in [5.41, 5.74) is 0. The molecule has 7 heteroatoms. The molecule has 2 saturated carbocycles. The van der Waals surface area contributed by atoms with E-state index in [1.807, 2.05) is 0 Å². The van der Waals surface area contributed by atoms with Gasteiger partial charge in [0, 0.05) is 0 Å². The second-order valence-corrected chi connectivity index (χ2v) is 6.06. The van der Waals surface area contributed by atoms with Crippen molar-refractivity contribution in [1.82, 2.24) is 0 Å². The summed E-state index contributed by atoms with van der Waals surface area (Å²) < 4.78 is 25.8. The molecule has 0 N–H and O–H groups in total. The van der Waals surface area contributed by atoms with Crippen LogP contribution in [0.4, 0.5) is 8.78 Å². The predicted molar refractivity (Wildman–Crippen MR) is 86.7 cm³/mol. The number of carbonyl (C=O) groups is 2. The molecule has 24 heavy (non-hydrogen) atoms. The van der Waals surface area contributed by atoms with Crippen molar-refractivity contribution in [1.29, 1.82) is 0 Å². The Balaban J connectivity index is 0.000000277. The molecule has 136 valence electrons. The van der Waals surface area contributed by atoms with Crippen molar-refractivity contribution in [2.45, 2.75) is 76.3 Å². The van der Waals surface area contributed by atoms with Crippen LogP contribution in [0.15, 0.2) is 9.98 Å². The zero-order valence-corrected chi connectivity index (χ0v) is 14.0. The summed E-state index contributed by atoms with van der Waals surface area (Å²) in [5, 5.41) is 0. The van der Waals surface area contributed by atoms with Gasteiger partial charge in [-0.25, -0.2) is 28.4 Å². The summed E-state index contributed by atoms with van der Waals surface area (Å²) in [6, 6.07) is 4.04. The molecule has 0 amide bonds. The number of rotatable bonds is 4. The molecule has 0 saturated heterocycles. The van der Waals surface area contributed by atoms with Gasteiger partial charge in [-0.05, 0) is 25.7 Å². The van der Waals surface area contributed by atoms with Crippen molar-refractivity contribution in [2.75, 3.05) is 13.3 Å². The molecule has 2 rings (SSSR count). The molecule has 0 aromatic heterocycles. The van der Waals surface area contributed by atoms with E-state index in [0.717, 1.165) is 0 Å². The molecule has 0 radical (unpaired) electrons. The first-order valence-corrected chi connectivity index (χ1v) is 8.65. The minimum Gasteiger partial charge on any atom is -0.389 e. The van der Waals surface area contributed by atoms with Gasteiger partial charge in [-0.3, -0.25) is 0 Å². The van der Waals surface area contributed by atoms with Crippen LogP contribution in [-0.4, -0.2) is 43.4 Å². The lowest BCUT2D eigenvalue weighted by atomic mass is 9.96. The number of hydrogen-bond acceptors (Lipinski definition) is 5. The third-order valence-corrected chi connectivity index (χ3v) is 4.08. The zero-order chi connectivity index (χ0) is 17.6. The van der Waals surface area contributed by atoms with Crippen LogP contribution >= 0.6 is 0 Å². The SMILES string of the molecule is C(=NC1CCCCC1)=NC1CCCCC1.O=C(CF)OC(=O)CF. The summed E-state index contributed by atoms with van der Waals surface area (Å²) in [6.07, 6.45) is 13.2. The Labute approximate surface area is 141 Å². The van der Waals surface area contributed by atoms with Crippen LogP contribution in [0.1, 0.15) is 64.2 Å². The van der Waals surface area contributed by atoms with Gasteiger partial charge in [-0.15, -0.1) is 0 Å². The van der Waals surface area contributed by atoms with Gasteiger partial charge in [0.05, 0.1) is 18.1 Å². The molecule has 0 spiro atoms. The van der Waals surface area contributed by atoms with Crippen molar-refractivity contribution in [3.8, 4) is 0 Å². The number of aliphatic imine (C=N–C) groups is 2. The van der Waals surface area contributed by atoms with Gasteiger partial charge in [-0.1, -0.05) is 38.5 Å². The van der Waals surface area contributed by atoms with Crippen molar-refractivity contribution >= 4 is 17.9 Å². The monoisotopic (exact) mass is 344 g/mol. The number of carbonyl (C=O) groups excluding carboxylic acids is 2. The van der Waals surface area contributed by atoms with E-state index >= 15 is 0 Å². The Kier molecular flexibility index (Phi) is 10.9. The average molecular weight is 344 g/mol. The Bertz CT molecular complexity index is 403. The van der Waals surface area contributed by atoms with Crippen LogP contribution in [0, 0.1) is 0 Å². The molecule has 0 aromatic carbocycles. The summed E-state index contributed by atoms with van der Waals surface area (Å²) >= 11 is 0. The first-order chi connectivity index (χ1) is 11.7. The summed E-state index contributed by atoms with van der Waals surface area (Å²) in [5.74, 6) is -2.73. The number of ether oxygens (including phenoxy) is 1. The number of halogens is 2. The topological polar surface area (TPSA) is 68.1 Å². The predicted octanol–water partition coefficient (Wildman–Crippen LogP) is 3.82. The molecular weight excluding hydrogens is 318 g/mol. The van der Waals surface area contributed by atoms with Gasteiger partial charge in [0.1, 0.15) is 0 Å². The number of hydrogen-bond donors (Lipinski definition) is 0. The van der Waals surface area contributed by atoms with E-state index in [1.54, 1.807) is 0 Å². The number of nitrogens with zero attached hydrogens (tertiary/aromatic N) is 2. The van der Waals surface area contributed by atoms with Crippen LogP contribution in [-0.2, 0) is 14.3 Å². The number of alkyl halides is 2. The lowest BCUT2D eigenvalue weighted by Crippen LogP contribution is -2.14. The molecule has 0 aromatic rings. The second kappa shape index (κ2) is 12.8. The first-order valence-electron chi connectivity index (χ1n) is 8.65. The van der Waals surface area contributed by atoms with Gasteiger partial charge >= 0.3 is 11.9 Å². The molecule has 0 heterocycles. The van der Waals surface area contributed by atoms with Crippen LogP contribution in [0.5, 0.6) is 0 Å². The summed E-state index contributed by atoms with van der Waals surface area (Å²) in [4.78, 5) is 28.5.